The summed E-state index contributed by atoms with van der Waals surface area (Å²) in [5, 5.41) is 12.3. The third kappa shape index (κ3) is 5.82. The molecular formula is C19H26N4O3S. The number of ether oxygens (including phenoxy) is 1. The molecule has 7 nitrogen and oxygen atoms in total. The van der Waals surface area contributed by atoms with Gasteiger partial charge in [-0.25, -0.2) is 4.79 Å². The van der Waals surface area contributed by atoms with Crippen LogP contribution in [0.1, 0.15) is 46.8 Å². The molecule has 0 saturated carbocycles. The molecule has 1 aromatic carbocycles. The van der Waals surface area contributed by atoms with Gasteiger partial charge in [-0.15, -0.1) is 10.2 Å². The van der Waals surface area contributed by atoms with Gasteiger partial charge in [-0.3, -0.25) is 4.79 Å². The van der Waals surface area contributed by atoms with Crippen LogP contribution in [0.25, 0.3) is 0 Å². The summed E-state index contributed by atoms with van der Waals surface area (Å²) < 4.78 is 6.80. The highest BCUT2D eigenvalue weighted by Crippen LogP contribution is 2.16. The fraction of sp³-hybridized carbons (Fsp3) is 0.474. The van der Waals surface area contributed by atoms with Crippen LogP contribution in [-0.2, 0) is 17.7 Å². The van der Waals surface area contributed by atoms with Crippen molar-refractivity contribution in [2.45, 2.75) is 38.4 Å². The first-order chi connectivity index (χ1) is 13.0. The number of benzene rings is 1. The summed E-state index contributed by atoms with van der Waals surface area (Å²) in [5.41, 5.74) is 0.929. The molecule has 0 aliphatic carbocycles. The molecule has 0 spiro atoms. The Bertz CT molecular complexity index is 772. The number of nitrogens with zero attached hydrogens (tertiary/aromatic N) is 3. The number of carbonyl (C=O) groups excluding carboxylic acids is 2. The maximum absolute atomic E-state index is 12.2. The van der Waals surface area contributed by atoms with Crippen molar-refractivity contribution in [2.24, 2.45) is 5.92 Å². The minimum atomic E-state index is -0.419. The largest absolute Gasteiger partial charge is 0.465 e. The molecule has 1 N–H and O–H groups in total. The minimum absolute atomic E-state index is 0.167. The number of amides is 1. The number of aryl methyl sites for hydroxylation is 1. The number of esters is 1. The van der Waals surface area contributed by atoms with E-state index in [1.807, 2.05) is 6.26 Å². The van der Waals surface area contributed by atoms with Crippen molar-refractivity contribution in [2.75, 3.05) is 19.9 Å². The standard InChI is InChI=1S/C19H26N4O3S/c1-13(2)12-23-16(21-22-19(23)27-4)6-5-11-20-17(24)14-7-9-15(10-8-14)18(25)26-3/h7-10,13H,5-6,11-12H2,1-4H3,(H,20,24). The predicted molar refractivity (Wildman–Crippen MR) is 105 cm³/mol. The van der Waals surface area contributed by atoms with E-state index < -0.39 is 5.97 Å². The highest BCUT2D eigenvalue weighted by atomic mass is 32.2. The lowest BCUT2D eigenvalue weighted by atomic mass is 10.1. The highest BCUT2D eigenvalue weighted by Gasteiger charge is 2.13. The Balaban J connectivity index is 1.85. The topological polar surface area (TPSA) is 86.1 Å². The van der Waals surface area contributed by atoms with Gasteiger partial charge >= 0.3 is 5.97 Å². The first-order valence-electron chi connectivity index (χ1n) is 8.89. The lowest BCUT2D eigenvalue weighted by Gasteiger charge is -2.11. The second-order valence-electron chi connectivity index (χ2n) is 6.54. The summed E-state index contributed by atoms with van der Waals surface area (Å²) in [6.45, 7) is 5.76. The number of aromatic nitrogens is 3. The molecule has 1 heterocycles. The Hall–Kier alpha value is -2.35. The molecule has 1 aromatic heterocycles. The molecule has 0 aliphatic heterocycles. The molecule has 0 saturated heterocycles. The molecule has 0 radical (unpaired) electrons. The maximum Gasteiger partial charge on any atom is 0.337 e. The molecule has 0 unspecified atom stereocenters. The molecule has 0 fully saturated rings. The average Bonchev–Trinajstić information content (AvgIpc) is 3.05. The molecule has 1 amide bonds. The molecule has 27 heavy (non-hydrogen) atoms. The molecule has 8 heteroatoms. The lowest BCUT2D eigenvalue weighted by Crippen LogP contribution is -2.25. The van der Waals surface area contributed by atoms with Crippen LogP contribution in [0.3, 0.4) is 0 Å². The Kier molecular flexibility index (Phi) is 7.84. The first kappa shape index (κ1) is 21.0. The molecule has 2 aromatic rings. The van der Waals surface area contributed by atoms with Gasteiger partial charge in [0.15, 0.2) is 5.16 Å². The zero-order chi connectivity index (χ0) is 19.8. The average molecular weight is 391 g/mol. The summed E-state index contributed by atoms with van der Waals surface area (Å²) in [5.74, 6) is 0.875. The van der Waals surface area contributed by atoms with Crippen LogP contribution in [0, 0.1) is 5.92 Å². The van der Waals surface area contributed by atoms with E-state index >= 15 is 0 Å². The second-order valence-corrected chi connectivity index (χ2v) is 7.31. The molecule has 146 valence electrons. The van der Waals surface area contributed by atoms with Crippen LogP contribution in [0.2, 0.25) is 0 Å². The van der Waals surface area contributed by atoms with Gasteiger partial charge in [0.05, 0.1) is 12.7 Å². The number of rotatable bonds is 9. The van der Waals surface area contributed by atoms with Crippen molar-refractivity contribution < 1.29 is 14.3 Å². The SMILES string of the molecule is COC(=O)c1ccc(C(=O)NCCCc2nnc(SC)n2CC(C)C)cc1. The smallest absolute Gasteiger partial charge is 0.337 e. The fourth-order valence-corrected chi connectivity index (χ4v) is 3.15. The fourth-order valence-electron chi connectivity index (χ4n) is 2.63. The molecule has 2 rings (SSSR count). The van der Waals surface area contributed by atoms with Crippen molar-refractivity contribution in [3.8, 4) is 0 Å². The Morgan fingerprint density at radius 3 is 2.44 bits per heavy atom. The third-order valence-corrected chi connectivity index (χ3v) is 4.62. The van der Waals surface area contributed by atoms with Gasteiger partial charge in [0.25, 0.3) is 5.91 Å². The van der Waals surface area contributed by atoms with Gasteiger partial charge in [-0.2, -0.15) is 0 Å². The number of nitrogens with one attached hydrogen (secondary N) is 1. The summed E-state index contributed by atoms with van der Waals surface area (Å²) in [4.78, 5) is 23.6. The van der Waals surface area contributed by atoms with Gasteiger partial charge in [-0.1, -0.05) is 25.6 Å². The maximum atomic E-state index is 12.2. The summed E-state index contributed by atoms with van der Waals surface area (Å²) >= 11 is 1.59. The van der Waals surface area contributed by atoms with E-state index in [0.717, 1.165) is 30.4 Å². The Morgan fingerprint density at radius 1 is 1.19 bits per heavy atom. The number of methoxy groups -OCH3 is 1. The Labute approximate surface area is 163 Å². The van der Waals surface area contributed by atoms with E-state index in [2.05, 4.69) is 38.7 Å². The molecular weight excluding hydrogens is 364 g/mol. The molecule has 0 aliphatic rings. The molecule has 0 bridgehead atoms. The van der Waals surface area contributed by atoms with Crippen LogP contribution >= 0.6 is 11.8 Å². The van der Waals surface area contributed by atoms with Crippen molar-refractivity contribution in [1.29, 1.82) is 0 Å². The first-order valence-corrected chi connectivity index (χ1v) is 10.1. The van der Waals surface area contributed by atoms with Crippen molar-refractivity contribution >= 4 is 23.6 Å². The van der Waals surface area contributed by atoms with Gasteiger partial charge in [0.2, 0.25) is 0 Å². The quantitative estimate of drug-likeness (QED) is 0.403. The van der Waals surface area contributed by atoms with Gasteiger partial charge < -0.3 is 14.6 Å². The van der Waals surface area contributed by atoms with Crippen LogP contribution in [0.4, 0.5) is 0 Å². The van der Waals surface area contributed by atoms with Crippen LogP contribution in [0.5, 0.6) is 0 Å². The summed E-state index contributed by atoms with van der Waals surface area (Å²) in [7, 11) is 1.33. The van der Waals surface area contributed by atoms with Gasteiger partial charge in [-0.05, 0) is 42.9 Å². The van der Waals surface area contributed by atoms with E-state index in [1.54, 1.807) is 36.0 Å². The third-order valence-electron chi connectivity index (χ3n) is 3.95. The predicted octanol–water partition coefficient (Wildman–Crippen LogP) is 2.81. The number of hydrogen-bond acceptors (Lipinski definition) is 6. The normalized spacial score (nSPS) is 10.9. The van der Waals surface area contributed by atoms with E-state index in [0.29, 0.717) is 23.6 Å². The van der Waals surface area contributed by atoms with Crippen LogP contribution in [0.15, 0.2) is 29.4 Å². The monoisotopic (exact) mass is 390 g/mol. The zero-order valence-corrected chi connectivity index (χ0v) is 17.0. The lowest BCUT2D eigenvalue weighted by molar-refractivity contribution is 0.0600. The van der Waals surface area contributed by atoms with Crippen molar-refractivity contribution in [3.63, 3.8) is 0 Å². The number of thioether (sulfide) groups is 1. The van der Waals surface area contributed by atoms with E-state index in [-0.39, 0.29) is 5.91 Å². The number of carbonyl (C=O) groups is 2. The van der Waals surface area contributed by atoms with Gasteiger partial charge in [0.1, 0.15) is 5.82 Å². The van der Waals surface area contributed by atoms with E-state index in [1.165, 1.54) is 7.11 Å². The van der Waals surface area contributed by atoms with E-state index in [4.69, 9.17) is 0 Å². The van der Waals surface area contributed by atoms with Gasteiger partial charge in [0, 0.05) is 25.1 Å². The van der Waals surface area contributed by atoms with Crippen molar-refractivity contribution in [1.82, 2.24) is 20.1 Å². The Morgan fingerprint density at radius 2 is 1.85 bits per heavy atom. The minimum Gasteiger partial charge on any atom is -0.465 e. The van der Waals surface area contributed by atoms with E-state index in [9.17, 15) is 9.59 Å². The second kappa shape index (κ2) is 10.1. The zero-order valence-electron chi connectivity index (χ0n) is 16.2. The van der Waals surface area contributed by atoms with Crippen LogP contribution in [-0.4, -0.2) is 46.6 Å². The summed E-state index contributed by atoms with van der Waals surface area (Å²) in [6, 6.07) is 6.40. The molecule has 0 atom stereocenters. The summed E-state index contributed by atoms with van der Waals surface area (Å²) in [6.07, 6.45) is 3.52. The van der Waals surface area contributed by atoms with Crippen molar-refractivity contribution in [3.05, 3.63) is 41.2 Å². The van der Waals surface area contributed by atoms with Crippen LogP contribution < -0.4 is 5.32 Å². The highest BCUT2D eigenvalue weighted by molar-refractivity contribution is 7.98. The number of hydrogen-bond donors (Lipinski definition) is 1.